The van der Waals surface area contributed by atoms with E-state index in [0.717, 1.165) is 12.8 Å². The summed E-state index contributed by atoms with van der Waals surface area (Å²) >= 11 is 0. The van der Waals surface area contributed by atoms with Gasteiger partial charge < -0.3 is 5.11 Å². The molecule has 1 aromatic rings. The summed E-state index contributed by atoms with van der Waals surface area (Å²) in [5, 5.41) is 9.90. The summed E-state index contributed by atoms with van der Waals surface area (Å²) in [6.45, 7) is 2.21. The minimum absolute atomic E-state index is 0.298. The van der Waals surface area contributed by atoms with Crippen molar-refractivity contribution < 1.29 is 9.50 Å². The topological polar surface area (TPSA) is 20.2 Å². The fourth-order valence-electron chi connectivity index (χ4n) is 2.20. The Bertz CT molecular complexity index is 325. The van der Waals surface area contributed by atoms with Crippen molar-refractivity contribution >= 4 is 0 Å². The lowest BCUT2D eigenvalue weighted by atomic mass is 10.0. The molecule has 0 saturated heterocycles. The molecule has 0 aliphatic heterocycles. The molecular formula is C16H25FO. The lowest BCUT2D eigenvalue weighted by molar-refractivity contribution is 0.159. The van der Waals surface area contributed by atoms with E-state index < -0.39 is 6.10 Å². The second-order valence-electron chi connectivity index (χ2n) is 4.95. The van der Waals surface area contributed by atoms with E-state index in [4.69, 9.17) is 0 Å². The van der Waals surface area contributed by atoms with Crippen molar-refractivity contribution in [3.05, 3.63) is 35.6 Å². The van der Waals surface area contributed by atoms with Crippen LogP contribution in [0.5, 0.6) is 0 Å². The Labute approximate surface area is 110 Å². The normalized spacial score (nSPS) is 12.6. The van der Waals surface area contributed by atoms with E-state index in [9.17, 15) is 9.50 Å². The zero-order valence-corrected chi connectivity index (χ0v) is 11.4. The van der Waals surface area contributed by atoms with E-state index in [1.807, 2.05) is 0 Å². The predicted molar refractivity (Wildman–Crippen MR) is 74.0 cm³/mol. The first-order valence-corrected chi connectivity index (χ1v) is 7.18. The number of hydrogen-bond donors (Lipinski definition) is 1. The van der Waals surface area contributed by atoms with Crippen molar-refractivity contribution in [1.82, 2.24) is 0 Å². The van der Waals surface area contributed by atoms with Gasteiger partial charge in [0.15, 0.2) is 0 Å². The second-order valence-corrected chi connectivity index (χ2v) is 4.95. The van der Waals surface area contributed by atoms with Gasteiger partial charge in [0.25, 0.3) is 0 Å². The zero-order valence-electron chi connectivity index (χ0n) is 11.4. The van der Waals surface area contributed by atoms with Gasteiger partial charge in [-0.3, -0.25) is 0 Å². The van der Waals surface area contributed by atoms with Crippen molar-refractivity contribution in [2.24, 2.45) is 0 Å². The molecular weight excluding hydrogens is 227 g/mol. The first-order chi connectivity index (χ1) is 8.75. The Balaban J connectivity index is 2.14. The van der Waals surface area contributed by atoms with Gasteiger partial charge in [-0.25, -0.2) is 4.39 Å². The summed E-state index contributed by atoms with van der Waals surface area (Å²) in [5.41, 5.74) is 0.434. The van der Waals surface area contributed by atoms with Gasteiger partial charge in [-0.05, 0) is 12.5 Å². The van der Waals surface area contributed by atoms with Gasteiger partial charge in [0.05, 0.1) is 6.10 Å². The molecule has 1 nitrogen and oxygen atoms in total. The third kappa shape index (κ3) is 5.63. The van der Waals surface area contributed by atoms with Crippen LogP contribution in [0.2, 0.25) is 0 Å². The van der Waals surface area contributed by atoms with Crippen LogP contribution in [0, 0.1) is 5.82 Å². The van der Waals surface area contributed by atoms with Crippen LogP contribution in [-0.4, -0.2) is 5.11 Å². The second kappa shape index (κ2) is 9.09. The fraction of sp³-hybridized carbons (Fsp3) is 0.625. The van der Waals surface area contributed by atoms with Crippen LogP contribution < -0.4 is 0 Å². The molecule has 1 N–H and O–H groups in total. The van der Waals surface area contributed by atoms with Gasteiger partial charge >= 0.3 is 0 Å². The number of hydrogen-bond acceptors (Lipinski definition) is 1. The number of halogens is 1. The maximum atomic E-state index is 13.4. The Hall–Kier alpha value is -0.890. The molecule has 1 atom stereocenters. The van der Waals surface area contributed by atoms with Gasteiger partial charge in [0.1, 0.15) is 5.82 Å². The maximum absolute atomic E-state index is 13.4. The van der Waals surface area contributed by atoms with Gasteiger partial charge in [0, 0.05) is 5.56 Å². The number of benzene rings is 1. The van der Waals surface area contributed by atoms with Crippen molar-refractivity contribution in [3.63, 3.8) is 0 Å². The van der Waals surface area contributed by atoms with Gasteiger partial charge in [-0.1, -0.05) is 70.1 Å². The third-order valence-electron chi connectivity index (χ3n) is 3.35. The molecule has 0 fully saturated rings. The molecule has 0 aliphatic carbocycles. The van der Waals surface area contributed by atoms with Gasteiger partial charge in [0.2, 0.25) is 0 Å². The Morgan fingerprint density at radius 3 is 2.28 bits per heavy atom. The molecule has 0 amide bonds. The monoisotopic (exact) mass is 252 g/mol. The Kier molecular flexibility index (Phi) is 7.66. The zero-order chi connectivity index (χ0) is 13.2. The van der Waals surface area contributed by atoms with Crippen LogP contribution in [0.15, 0.2) is 24.3 Å². The molecule has 0 radical (unpaired) electrons. The number of aliphatic hydroxyl groups excluding tert-OH is 1. The van der Waals surface area contributed by atoms with E-state index in [1.54, 1.807) is 18.2 Å². The largest absolute Gasteiger partial charge is 0.388 e. The van der Waals surface area contributed by atoms with Crippen molar-refractivity contribution in [2.75, 3.05) is 0 Å². The van der Waals surface area contributed by atoms with E-state index in [2.05, 4.69) is 6.92 Å². The lowest BCUT2D eigenvalue weighted by Gasteiger charge is -2.11. The highest BCUT2D eigenvalue weighted by Crippen LogP contribution is 2.22. The molecule has 1 aromatic carbocycles. The van der Waals surface area contributed by atoms with E-state index in [1.165, 1.54) is 38.2 Å². The lowest BCUT2D eigenvalue weighted by Crippen LogP contribution is -2.00. The average Bonchev–Trinajstić information content (AvgIpc) is 2.38. The molecule has 0 aliphatic rings. The van der Waals surface area contributed by atoms with Crippen LogP contribution >= 0.6 is 0 Å². The fourth-order valence-corrected chi connectivity index (χ4v) is 2.20. The molecule has 2 heteroatoms. The molecule has 0 saturated carbocycles. The van der Waals surface area contributed by atoms with Gasteiger partial charge in [-0.15, -0.1) is 0 Å². The minimum atomic E-state index is -0.651. The average molecular weight is 252 g/mol. The molecule has 0 aromatic heterocycles. The minimum Gasteiger partial charge on any atom is -0.388 e. The highest BCUT2D eigenvalue weighted by atomic mass is 19.1. The van der Waals surface area contributed by atoms with Crippen molar-refractivity contribution in [3.8, 4) is 0 Å². The summed E-state index contributed by atoms with van der Waals surface area (Å²) < 4.78 is 13.4. The first-order valence-electron chi connectivity index (χ1n) is 7.18. The third-order valence-corrected chi connectivity index (χ3v) is 3.35. The van der Waals surface area contributed by atoms with Crippen molar-refractivity contribution in [1.29, 1.82) is 0 Å². The molecule has 0 heterocycles. The first kappa shape index (κ1) is 15.2. The van der Waals surface area contributed by atoms with Crippen LogP contribution in [0.4, 0.5) is 4.39 Å². The summed E-state index contributed by atoms with van der Waals surface area (Å²) in [7, 11) is 0. The molecule has 0 spiro atoms. The quantitative estimate of drug-likeness (QED) is 0.613. The van der Waals surface area contributed by atoms with E-state index >= 15 is 0 Å². The SMILES string of the molecule is CCCCCCCCCC(O)c1ccccc1F. The summed E-state index contributed by atoms with van der Waals surface area (Å²) in [6, 6.07) is 6.50. The standard InChI is InChI=1S/C16H25FO/c1-2-3-4-5-6-7-8-13-16(18)14-11-9-10-12-15(14)17/h9-12,16,18H,2-8,13H2,1H3. The number of rotatable bonds is 9. The summed E-state index contributed by atoms with van der Waals surface area (Å²) in [6.07, 6.45) is 8.52. The molecule has 18 heavy (non-hydrogen) atoms. The van der Waals surface area contributed by atoms with Crippen molar-refractivity contribution in [2.45, 2.75) is 64.4 Å². The Morgan fingerprint density at radius 1 is 1.00 bits per heavy atom. The highest BCUT2D eigenvalue weighted by Gasteiger charge is 2.11. The Morgan fingerprint density at radius 2 is 1.61 bits per heavy atom. The van der Waals surface area contributed by atoms with E-state index in [0.29, 0.717) is 12.0 Å². The molecule has 0 bridgehead atoms. The highest BCUT2D eigenvalue weighted by molar-refractivity contribution is 5.19. The molecule has 1 rings (SSSR count). The maximum Gasteiger partial charge on any atom is 0.128 e. The van der Waals surface area contributed by atoms with Crippen LogP contribution in [-0.2, 0) is 0 Å². The summed E-state index contributed by atoms with van der Waals surface area (Å²) in [4.78, 5) is 0. The van der Waals surface area contributed by atoms with E-state index in [-0.39, 0.29) is 5.82 Å². The van der Waals surface area contributed by atoms with Crippen LogP contribution in [0.1, 0.15) is 70.0 Å². The smallest absolute Gasteiger partial charge is 0.128 e. The molecule has 102 valence electrons. The predicted octanol–water partition coefficient (Wildman–Crippen LogP) is 5.00. The van der Waals surface area contributed by atoms with Crippen LogP contribution in [0.25, 0.3) is 0 Å². The summed E-state index contributed by atoms with van der Waals surface area (Å²) in [5.74, 6) is -0.298. The van der Waals surface area contributed by atoms with Gasteiger partial charge in [-0.2, -0.15) is 0 Å². The number of aliphatic hydroxyl groups is 1. The number of unbranched alkanes of at least 4 members (excludes halogenated alkanes) is 6. The van der Waals surface area contributed by atoms with Crippen LogP contribution in [0.3, 0.4) is 0 Å². The molecule has 1 unspecified atom stereocenters.